The fourth-order valence-corrected chi connectivity index (χ4v) is 1.38. The third-order valence-corrected chi connectivity index (χ3v) is 2.30. The van der Waals surface area contributed by atoms with Crippen LogP contribution >= 0.6 is 0 Å². The quantitative estimate of drug-likeness (QED) is 0.661. The van der Waals surface area contributed by atoms with Crippen LogP contribution in [0.15, 0.2) is 18.2 Å². The number of ether oxygens (including phenoxy) is 2. The summed E-state index contributed by atoms with van der Waals surface area (Å²) in [5, 5.41) is 13.3. The highest BCUT2D eigenvalue weighted by Gasteiger charge is 2.16. The molecule has 1 aromatic rings. The van der Waals surface area contributed by atoms with Crippen LogP contribution in [0.4, 0.5) is 11.4 Å². The van der Waals surface area contributed by atoms with Gasteiger partial charge in [0.1, 0.15) is 12.4 Å². The highest BCUT2D eigenvalue weighted by atomic mass is 16.6. The number of amides is 1. The van der Waals surface area contributed by atoms with E-state index < -0.39 is 16.4 Å². The zero-order chi connectivity index (χ0) is 15.3. The van der Waals surface area contributed by atoms with Gasteiger partial charge in [-0.3, -0.25) is 14.9 Å². The maximum absolute atomic E-state index is 11.7. The number of nitrogens with zero attached hydrogens (tertiary/aromatic N) is 1. The molecule has 0 heterocycles. The number of rotatable bonds is 5. The van der Waals surface area contributed by atoms with E-state index in [1.807, 2.05) is 20.8 Å². The first-order valence-corrected chi connectivity index (χ1v) is 5.99. The molecular weight excluding hydrogens is 264 g/mol. The first-order valence-electron chi connectivity index (χ1n) is 5.99. The van der Waals surface area contributed by atoms with Gasteiger partial charge in [-0.05, 0) is 26.8 Å². The third kappa shape index (κ3) is 4.85. The Morgan fingerprint density at radius 1 is 1.40 bits per heavy atom. The summed E-state index contributed by atoms with van der Waals surface area (Å²) in [6.07, 6.45) is 0. The van der Waals surface area contributed by atoms with Crippen LogP contribution in [0.3, 0.4) is 0 Å². The Labute approximate surface area is 117 Å². The molecule has 0 aliphatic heterocycles. The maximum Gasteiger partial charge on any atom is 0.271 e. The molecule has 0 unspecified atom stereocenters. The number of carbonyl (C=O) groups is 1. The molecule has 0 atom stereocenters. The van der Waals surface area contributed by atoms with Crippen LogP contribution in [0.1, 0.15) is 20.8 Å². The van der Waals surface area contributed by atoms with Gasteiger partial charge in [0.25, 0.3) is 11.6 Å². The summed E-state index contributed by atoms with van der Waals surface area (Å²) in [7, 11) is 1.42. The lowest BCUT2D eigenvalue weighted by Crippen LogP contribution is -2.27. The Bertz CT molecular complexity index is 508. The van der Waals surface area contributed by atoms with Gasteiger partial charge in [0.2, 0.25) is 0 Å². The number of non-ortho nitro benzene ring substituents is 1. The normalized spacial score (nSPS) is 11.0. The lowest BCUT2D eigenvalue weighted by molar-refractivity contribution is -0.384. The standard InChI is InChI=1S/C13H18N2O5/c1-13(2,3)20-8-12(16)14-10-7-9(15(17)18)5-6-11(10)19-4/h5-7H,8H2,1-4H3,(H,14,16). The summed E-state index contributed by atoms with van der Waals surface area (Å²) in [5.41, 5.74) is -0.327. The smallest absolute Gasteiger partial charge is 0.271 e. The monoisotopic (exact) mass is 282 g/mol. The summed E-state index contributed by atoms with van der Waals surface area (Å²) >= 11 is 0. The van der Waals surface area contributed by atoms with Crippen LogP contribution < -0.4 is 10.1 Å². The van der Waals surface area contributed by atoms with E-state index in [0.29, 0.717) is 5.75 Å². The zero-order valence-electron chi connectivity index (χ0n) is 11.9. The molecule has 0 bridgehead atoms. The van der Waals surface area contributed by atoms with Crippen molar-refractivity contribution in [1.82, 2.24) is 0 Å². The summed E-state index contributed by atoms with van der Waals surface area (Å²) in [5.74, 6) is -0.0570. The molecule has 0 fully saturated rings. The second kappa shape index (κ2) is 6.33. The van der Waals surface area contributed by atoms with E-state index >= 15 is 0 Å². The number of nitro benzene ring substituents is 1. The predicted molar refractivity (Wildman–Crippen MR) is 74.0 cm³/mol. The number of benzene rings is 1. The number of nitrogens with one attached hydrogen (secondary N) is 1. The summed E-state index contributed by atoms with van der Waals surface area (Å²) in [6, 6.07) is 3.98. The van der Waals surface area contributed by atoms with Gasteiger partial charge in [-0.2, -0.15) is 0 Å². The van der Waals surface area contributed by atoms with Gasteiger partial charge < -0.3 is 14.8 Å². The fourth-order valence-electron chi connectivity index (χ4n) is 1.38. The Kier molecular flexibility index (Phi) is 5.04. The molecule has 0 aromatic heterocycles. The second-order valence-corrected chi connectivity index (χ2v) is 5.09. The van der Waals surface area contributed by atoms with Gasteiger partial charge in [-0.25, -0.2) is 0 Å². The van der Waals surface area contributed by atoms with E-state index in [9.17, 15) is 14.9 Å². The van der Waals surface area contributed by atoms with E-state index in [1.54, 1.807) is 0 Å². The van der Waals surface area contributed by atoms with E-state index in [4.69, 9.17) is 9.47 Å². The highest BCUT2D eigenvalue weighted by Crippen LogP contribution is 2.28. The Balaban J connectivity index is 2.82. The van der Waals surface area contributed by atoms with Gasteiger partial charge in [0.15, 0.2) is 0 Å². The number of nitro groups is 1. The largest absolute Gasteiger partial charge is 0.495 e. The van der Waals surface area contributed by atoms with Crippen molar-refractivity contribution in [2.45, 2.75) is 26.4 Å². The van der Waals surface area contributed by atoms with Crippen molar-refractivity contribution < 1.29 is 19.2 Å². The predicted octanol–water partition coefficient (Wildman–Crippen LogP) is 2.36. The van der Waals surface area contributed by atoms with Crippen LogP contribution in [0.2, 0.25) is 0 Å². The average molecular weight is 282 g/mol. The lowest BCUT2D eigenvalue weighted by Gasteiger charge is -2.19. The fraction of sp³-hybridized carbons (Fsp3) is 0.462. The number of methoxy groups -OCH3 is 1. The van der Waals surface area contributed by atoms with Crippen LogP contribution in [0.5, 0.6) is 5.75 Å². The molecule has 0 aliphatic rings. The molecule has 7 heteroatoms. The van der Waals surface area contributed by atoms with Crippen molar-refractivity contribution in [3.05, 3.63) is 28.3 Å². The van der Waals surface area contributed by atoms with Crippen molar-refractivity contribution in [2.24, 2.45) is 0 Å². The van der Waals surface area contributed by atoms with Crippen LogP contribution in [-0.2, 0) is 9.53 Å². The summed E-state index contributed by atoms with van der Waals surface area (Å²) in [4.78, 5) is 21.9. The number of anilines is 1. The molecule has 7 nitrogen and oxygen atoms in total. The summed E-state index contributed by atoms with van der Waals surface area (Å²) < 4.78 is 10.4. The minimum Gasteiger partial charge on any atom is -0.495 e. The van der Waals surface area contributed by atoms with Crippen molar-refractivity contribution in [3.8, 4) is 5.75 Å². The van der Waals surface area contributed by atoms with Crippen LogP contribution in [0.25, 0.3) is 0 Å². The lowest BCUT2D eigenvalue weighted by atomic mass is 10.2. The van der Waals surface area contributed by atoms with Crippen molar-refractivity contribution in [2.75, 3.05) is 19.0 Å². The molecule has 0 saturated carbocycles. The average Bonchev–Trinajstić information content (AvgIpc) is 2.35. The van der Waals surface area contributed by atoms with Crippen molar-refractivity contribution in [3.63, 3.8) is 0 Å². The molecule has 1 N–H and O–H groups in total. The van der Waals surface area contributed by atoms with Gasteiger partial charge in [-0.15, -0.1) is 0 Å². The Morgan fingerprint density at radius 2 is 2.05 bits per heavy atom. The van der Waals surface area contributed by atoms with E-state index in [1.165, 1.54) is 25.3 Å². The van der Waals surface area contributed by atoms with Crippen LogP contribution in [0, 0.1) is 10.1 Å². The molecular formula is C13H18N2O5. The second-order valence-electron chi connectivity index (χ2n) is 5.09. The number of hydrogen-bond acceptors (Lipinski definition) is 5. The molecule has 1 aromatic carbocycles. The number of hydrogen-bond donors (Lipinski definition) is 1. The SMILES string of the molecule is COc1ccc([N+](=O)[O-])cc1NC(=O)COC(C)(C)C. The number of carbonyl (C=O) groups excluding carboxylic acids is 1. The highest BCUT2D eigenvalue weighted by molar-refractivity contribution is 5.93. The molecule has 0 saturated heterocycles. The maximum atomic E-state index is 11.7. The van der Waals surface area contributed by atoms with Crippen LogP contribution in [-0.4, -0.2) is 30.1 Å². The van der Waals surface area contributed by atoms with Gasteiger partial charge in [0, 0.05) is 12.1 Å². The molecule has 0 aliphatic carbocycles. The van der Waals surface area contributed by atoms with E-state index in [0.717, 1.165) is 0 Å². The minimum absolute atomic E-state index is 0.127. The van der Waals surface area contributed by atoms with Gasteiger partial charge >= 0.3 is 0 Å². The van der Waals surface area contributed by atoms with Crippen molar-refractivity contribution in [1.29, 1.82) is 0 Å². The molecule has 1 amide bonds. The first-order chi connectivity index (χ1) is 9.23. The molecule has 20 heavy (non-hydrogen) atoms. The molecule has 1 rings (SSSR count). The Hall–Kier alpha value is -2.15. The van der Waals surface area contributed by atoms with E-state index in [-0.39, 0.29) is 18.0 Å². The third-order valence-electron chi connectivity index (χ3n) is 2.30. The zero-order valence-corrected chi connectivity index (χ0v) is 11.9. The topological polar surface area (TPSA) is 90.7 Å². The van der Waals surface area contributed by atoms with E-state index in [2.05, 4.69) is 5.32 Å². The summed E-state index contributed by atoms with van der Waals surface area (Å²) in [6.45, 7) is 5.34. The van der Waals surface area contributed by atoms with Crippen molar-refractivity contribution >= 4 is 17.3 Å². The Morgan fingerprint density at radius 3 is 2.55 bits per heavy atom. The van der Waals surface area contributed by atoms with Gasteiger partial charge in [0.05, 0.1) is 23.3 Å². The molecule has 110 valence electrons. The first kappa shape index (κ1) is 15.9. The molecule has 0 spiro atoms. The molecule has 0 radical (unpaired) electrons. The van der Waals surface area contributed by atoms with Gasteiger partial charge in [-0.1, -0.05) is 0 Å². The minimum atomic E-state index is -0.541.